The van der Waals surface area contributed by atoms with E-state index in [1.165, 1.54) is 37.8 Å². The molecule has 1 aromatic rings. The first-order chi connectivity index (χ1) is 8.16. The van der Waals surface area contributed by atoms with Crippen molar-refractivity contribution in [1.29, 1.82) is 0 Å². The molecule has 0 N–H and O–H groups in total. The van der Waals surface area contributed by atoms with Crippen LogP contribution in [-0.4, -0.2) is 6.61 Å². The highest BCUT2D eigenvalue weighted by atomic mass is 79.9. The number of ether oxygens (including phenoxy) is 1. The number of alkyl halides is 2. The third kappa shape index (κ3) is 3.41. The Bertz CT molecular complexity index is 376. The Balaban J connectivity index is 1.96. The summed E-state index contributed by atoms with van der Waals surface area (Å²) in [6.07, 6.45) is 2.55. The smallest absolute Gasteiger partial charge is 0.263 e. The fraction of sp³-hybridized carbons (Fsp3) is 0.538. The van der Waals surface area contributed by atoms with Crippen LogP contribution in [0.5, 0.6) is 5.75 Å². The minimum Gasteiger partial charge on any atom is -0.492 e. The van der Waals surface area contributed by atoms with Crippen LogP contribution in [0.25, 0.3) is 0 Å². The molecule has 0 aliphatic heterocycles. The summed E-state index contributed by atoms with van der Waals surface area (Å²) in [5.41, 5.74) is 0.0186. The molecule has 1 aliphatic rings. The van der Waals surface area contributed by atoms with Gasteiger partial charge >= 0.3 is 0 Å². The topological polar surface area (TPSA) is 9.23 Å². The largest absolute Gasteiger partial charge is 0.492 e. The Morgan fingerprint density at radius 1 is 1.29 bits per heavy atom. The number of halogens is 3. The zero-order valence-corrected chi connectivity index (χ0v) is 11.1. The van der Waals surface area contributed by atoms with Crippen LogP contribution in [0.3, 0.4) is 0 Å². The summed E-state index contributed by atoms with van der Waals surface area (Å²) >= 11 is 3.27. The van der Waals surface area contributed by atoms with E-state index in [0.717, 1.165) is 0 Å². The Kier molecular flexibility index (Phi) is 4.37. The summed E-state index contributed by atoms with van der Waals surface area (Å²) in [6, 6.07) is 4.45. The van der Waals surface area contributed by atoms with Crippen molar-refractivity contribution in [2.24, 2.45) is 5.92 Å². The van der Waals surface area contributed by atoms with Gasteiger partial charge in [-0.05, 0) is 52.9 Å². The molecule has 0 spiro atoms. The number of rotatable bonds is 4. The summed E-state index contributed by atoms with van der Waals surface area (Å²) in [5.74, 6) is 1.28. The molecule has 2 rings (SSSR count). The first-order valence-corrected chi connectivity index (χ1v) is 6.66. The molecule has 4 heteroatoms. The van der Waals surface area contributed by atoms with Gasteiger partial charge in [-0.3, -0.25) is 0 Å². The van der Waals surface area contributed by atoms with Gasteiger partial charge in [0.05, 0.1) is 11.1 Å². The van der Waals surface area contributed by atoms with E-state index in [1.54, 1.807) is 6.07 Å². The van der Waals surface area contributed by atoms with Crippen LogP contribution in [0, 0.1) is 5.92 Å². The summed E-state index contributed by atoms with van der Waals surface area (Å²) in [4.78, 5) is 0. The SMILES string of the molecule is FC(F)c1ccc(OCC2CCCC2)c(Br)c1. The van der Waals surface area contributed by atoms with Crippen molar-refractivity contribution < 1.29 is 13.5 Å². The van der Waals surface area contributed by atoms with E-state index >= 15 is 0 Å². The Labute approximate surface area is 108 Å². The van der Waals surface area contributed by atoms with Crippen LogP contribution >= 0.6 is 15.9 Å². The summed E-state index contributed by atoms with van der Waals surface area (Å²) in [6.45, 7) is 0.687. The van der Waals surface area contributed by atoms with Gasteiger partial charge < -0.3 is 4.74 Å². The van der Waals surface area contributed by atoms with E-state index in [2.05, 4.69) is 15.9 Å². The van der Waals surface area contributed by atoms with Crippen molar-refractivity contribution in [2.75, 3.05) is 6.61 Å². The first kappa shape index (κ1) is 12.8. The van der Waals surface area contributed by atoms with Crippen LogP contribution < -0.4 is 4.74 Å². The van der Waals surface area contributed by atoms with Gasteiger partial charge in [-0.15, -0.1) is 0 Å². The van der Waals surface area contributed by atoms with Gasteiger partial charge in [0, 0.05) is 5.56 Å². The maximum atomic E-state index is 12.4. The quantitative estimate of drug-likeness (QED) is 0.764. The molecule has 0 radical (unpaired) electrons. The van der Waals surface area contributed by atoms with Gasteiger partial charge in [0.1, 0.15) is 5.75 Å². The molecule has 0 amide bonds. The molecule has 1 saturated carbocycles. The standard InChI is InChI=1S/C13H15BrF2O/c14-11-7-10(13(15)16)5-6-12(11)17-8-9-3-1-2-4-9/h5-7,9,13H,1-4,8H2. The van der Waals surface area contributed by atoms with Gasteiger partial charge in [-0.2, -0.15) is 0 Å². The minimum atomic E-state index is -2.44. The van der Waals surface area contributed by atoms with Gasteiger partial charge in [0.2, 0.25) is 0 Å². The first-order valence-electron chi connectivity index (χ1n) is 5.87. The molecule has 0 heterocycles. The van der Waals surface area contributed by atoms with Crippen LogP contribution in [0.4, 0.5) is 8.78 Å². The average Bonchev–Trinajstić information content (AvgIpc) is 2.80. The maximum Gasteiger partial charge on any atom is 0.263 e. The molecular formula is C13H15BrF2O. The lowest BCUT2D eigenvalue weighted by Gasteiger charge is -2.13. The van der Waals surface area contributed by atoms with E-state index in [9.17, 15) is 8.78 Å². The molecule has 94 valence electrons. The molecular weight excluding hydrogens is 290 g/mol. The van der Waals surface area contributed by atoms with E-state index in [-0.39, 0.29) is 5.56 Å². The molecule has 1 aromatic carbocycles. The fourth-order valence-electron chi connectivity index (χ4n) is 2.15. The van der Waals surface area contributed by atoms with Crippen molar-refractivity contribution in [1.82, 2.24) is 0 Å². The molecule has 0 saturated heterocycles. The molecule has 0 aromatic heterocycles. The Morgan fingerprint density at radius 2 is 2.00 bits per heavy atom. The molecule has 0 bridgehead atoms. The molecule has 1 fully saturated rings. The second kappa shape index (κ2) is 5.80. The van der Waals surface area contributed by atoms with Crippen molar-refractivity contribution in [3.8, 4) is 5.75 Å². The predicted octanol–water partition coefficient (Wildman–Crippen LogP) is 4.96. The van der Waals surface area contributed by atoms with E-state index in [4.69, 9.17) is 4.74 Å². The highest BCUT2D eigenvalue weighted by Crippen LogP contribution is 2.32. The number of benzene rings is 1. The maximum absolute atomic E-state index is 12.4. The highest BCUT2D eigenvalue weighted by Gasteiger charge is 2.16. The van der Waals surface area contributed by atoms with Gasteiger partial charge in [0.25, 0.3) is 6.43 Å². The lowest BCUT2D eigenvalue weighted by atomic mass is 10.1. The van der Waals surface area contributed by atoms with Crippen LogP contribution in [0.2, 0.25) is 0 Å². The van der Waals surface area contributed by atoms with E-state index < -0.39 is 6.43 Å². The number of hydrogen-bond acceptors (Lipinski definition) is 1. The van der Waals surface area contributed by atoms with Gasteiger partial charge in [-0.1, -0.05) is 12.8 Å². The van der Waals surface area contributed by atoms with E-state index in [0.29, 0.717) is 22.7 Å². The lowest BCUT2D eigenvalue weighted by Crippen LogP contribution is -2.08. The Hall–Kier alpha value is -0.640. The lowest BCUT2D eigenvalue weighted by molar-refractivity contribution is 0.151. The molecule has 1 nitrogen and oxygen atoms in total. The van der Waals surface area contributed by atoms with Gasteiger partial charge in [-0.25, -0.2) is 8.78 Å². The molecule has 0 unspecified atom stereocenters. The van der Waals surface area contributed by atoms with Crippen molar-refractivity contribution >= 4 is 15.9 Å². The third-order valence-electron chi connectivity index (χ3n) is 3.16. The predicted molar refractivity (Wildman–Crippen MR) is 66.6 cm³/mol. The third-order valence-corrected chi connectivity index (χ3v) is 3.78. The fourth-order valence-corrected chi connectivity index (χ4v) is 2.67. The van der Waals surface area contributed by atoms with Crippen molar-refractivity contribution in [3.63, 3.8) is 0 Å². The summed E-state index contributed by atoms with van der Waals surface area (Å²) < 4.78 is 31.2. The molecule has 0 atom stereocenters. The van der Waals surface area contributed by atoms with Gasteiger partial charge in [0.15, 0.2) is 0 Å². The normalized spacial score (nSPS) is 16.7. The monoisotopic (exact) mass is 304 g/mol. The summed E-state index contributed by atoms with van der Waals surface area (Å²) in [7, 11) is 0. The average molecular weight is 305 g/mol. The van der Waals surface area contributed by atoms with Crippen LogP contribution in [0.15, 0.2) is 22.7 Å². The summed E-state index contributed by atoms with van der Waals surface area (Å²) in [5, 5.41) is 0. The van der Waals surface area contributed by atoms with Crippen molar-refractivity contribution in [3.05, 3.63) is 28.2 Å². The Morgan fingerprint density at radius 3 is 2.59 bits per heavy atom. The second-order valence-electron chi connectivity index (χ2n) is 4.45. The van der Waals surface area contributed by atoms with E-state index in [1.807, 2.05) is 0 Å². The zero-order valence-electron chi connectivity index (χ0n) is 9.46. The highest BCUT2D eigenvalue weighted by molar-refractivity contribution is 9.10. The number of hydrogen-bond donors (Lipinski definition) is 0. The van der Waals surface area contributed by atoms with Crippen LogP contribution in [0.1, 0.15) is 37.7 Å². The molecule has 1 aliphatic carbocycles. The minimum absolute atomic E-state index is 0.0186. The van der Waals surface area contributed by atoms with Crippen molar-refractivity contribution in [2.45, 2.75) is 32.1 Å². The molecule has 17 heavy (non-hydrogen) atoms. The second-order valence-corrected chi connectivity index (χ2v) is 5.31. The van der Waals surface area contributed by atoms with Crippen LogP contribution in [-0.2, 0) is 0 Å². The zero-order chi connectivity index (χ0) is 12.3.